The summed E-state index contributed by atoms with van der Waals surface area (Å²) in [5.74, 6) is 1.69. The first-order chi connectivity index (χ1) is 15.0. The fourth-order valence-electron chi connectivity index (χ4n) is 4.68. The molecule has 1 aliphatic carbocycles. The maximum Gasteiger partial charge on any atom is 0.217 e. The lowest BCUT2D eigenvalue weighted by atomic mass is 9.95. The van der Waals surface area contributed by atoms with E-state index < -0.39 is 10.0 Å². The number of hydrogen-bond acceptors (Lipinski definition) is 7. The van der Waals surface area contributed by atoms with Gasteiger partial charge in [0.1, 0.15) is 23.1 Å². The van der Waals surface area contributed by atoms with Gasteiger partial charge >= 0.3 is 0 Å². The van der Waals surface area contributed by atoms with Crippen molar-refractivity contribution in [2.75, 3.05) is 18.0 Å². The second-order valence-corrected chi connectivity index (χ2v) is 10.2. The summed E-state index contributed by atoms with van der Waals surface area (Å²) in [6.45, 7) is 3.51. The highest BCUT2D eigenvalue weighted by Crippen LogP contribution is 2.30. The minimum absolute atomic E-state index is 0.0850. The second kappa shape index (κ2) is 8.20. The fraction of sp³-hybridized carbons (Fsp3) is 0.500. The van der Waals surface area contributed by atoms with Crippen LogP contribution < -0.4 is 9.62 Å². The Morgan fingerprint density at radius 2 is 1.90 bits per heavy atom. The molecule has 0 saturated carbocycles. The summed E-state index contributed by atoms with van der Waals surface area (Å²) in [4.78, 5) is 11.7. The van der Waals surface area contributed by atoms with Gasteiger partial charge in [-0.2, -0.15) is 0 Å². The van der Waals surface area contributed by atoms with Crippen molar-refractivity contribution in [3.8, 4) is 0 Å². The van der Waals surface area contributed by atoms with E-state index in [0.717, 1.165) is 55.8 Å². The summed E-state index contributed by atoms with van der Waals surface area (Å²) in [6, 6.07) is 7.23. The van der Waals surface area contributed by atoms with Gasteiger partial charge < -0.3 is 9.42 Å². The predicted molar refractivity (Wildman–Crippen MR) is 118 cm³/mol. The molecule has 0 radical (unpaired) electrons. The minimum atomic E-state index is -3.52. The predicted octanol–water partition coefficient (Wildman–Crippen LogP) is 2.89. The van der Waals surface area contributed by atoms with Crippen LogP contribution in [0.15, 0.2) is 28.8 Å². The number of fused-ring (bicyclic) bond motifs is 2. The summed E-state index contributed by atoms with van der Waals surface area (Å²) in [7, 11) is -3.52. The SMILES string of the molecule is Cc1nc2c(c(N3CCC(NS(=O)(=O)Cc4noc5ccccc45)CC3)n1)CCCC2. The molecule has 3 heterocycles. The molecule has 0 unspecified atom stereocenters. The fourth-order valence-corrected chi connectivity index (χ4v) is 6.08. The normalized spacial score (nSPS) is 17.8. The Labute approximate surface area is 182 Å². The molecule has 0 atom stereocenters. The van der Waals surface area contributed by atoms with Gasteiger partial charge in [0, 0.05) is 35.8 Å². The Bertz CT molecular complexity index is 1200. The van der Waals surface area contributed by atoms with E-state index in [9.17, 15) is 8.42 Å². The lowest BCUT2D eigenvalue weighted by Crippen LogP contribution is -2.45. The molecule has 0 spiro atoms. The Morgan fingerprint density at radius 1 is 1.13 bits per heavy atom. The molecule has 2 aliphatic rings. The standard InChI is InChI=1S/C22H27N5O3S/c1-15-23-19-8-4-2-7-18(19)22(24-15)27-12-10-16(11-13-27)26-31(28,29)14-20-17-6-3-5-9-21(17)30-25-20/h3,5-6,9,16,26H,2,4,7-8,10-14H2,1H3. The van der Waals surface area contributed by atoms with Crippen LogP contribution in [0.5, 0.6) is 0 Å². The monoisotopic (exact) mass is 441 g/mol. The third kappa shape index (κ3) is 4.29. The van der Waals surface area contributed by atoms with Crippen LogP contribution in [0.25, 0.3) is 11.0 Å². The van der Waals surface area contributed by atoms with Gasteiger partial charge in [-0.1, -0.05) is 17.3 Å². The van der Waals surface area contributed by atoms with Crippen molar-refractivity contribution in [3.05, 3.63) is 47.0 Å². The highest BCUT2D eigenvalue weighted by atomic mass is 32.2. The van der Waals surface area contributed by atoms with Gasteiger partial charge in [-0.3, -0.25) is 0 Å². The molecule has 0 amide bonds. The number of nitrogens with zero attached hydrogens (tertiary/aromatic N) is 4. The van der Waals surface area contributed by atoms with E-state index in [-0.39, 0.29) is 11.8 Å². The molecule has 3 aromatic rings. The number of para-hydroxylation sites is 1. The Morgan fingerprint density at radius 3 is 2.74 bits per heavy atom. The summed E-state index contributed by atoms with van der Waals surface area (Å²) in [5, 5.41) is 4.70. The Kier molecular flexibility index (Phi) is 5.39. The molecule has 5 rings (SSSR count). The number of nitrogens with one attached hydrogen (secondary N) is 1. The van der Waals surface area contributed by atoms with Crippen LogP contribution in [0.3, 0.4) is 0 Å². The molecule has 2 aromatic heterocycles. The van der Waals surface area contributed by atoms with E-state index in [2.05, 4.69) is 19.8 Å². The summed E-state index contributed by atoms with van der Waals surface area (Å²) in [6.07, 6.45) is 5.92. The molecule has 1 fully saturated rings. The van der Waals surface area contributed by atoms with Crippen molar-refractivity contribution in [1.82, 2.24) is 19.8 Å². The van der Waals surface area contributed by atoms with Gasteiger partial charge in [0.05, 0.1) is 0 Å². The van der Waals surface area contributed by atoms with Gasteiger partial charge in [-0.25, -0.2) is 23.1 Å². The van der Waals surface area contributed by atoms with Crippen molar-refractivity contribution in [1.29, 1.82) is 0 Å². The zero-order valence-corrected chi connectivity index (χ0v) is 18.5. The van der Waals surface area contributed by atoms with Crippen molar-refractivity contribution in [2.45, 2.75) is 57.2 Å². The van der Waals surface area contributed by atoms with E-state index >= 15 is 0 Å². The second-order valence-electron chi connectivity index (χ2n) is 8.49. The number of aryl methyl sites for hydroxylation is 2. The molecular weight excluding hydrogens is 414 g/mol. The van der Waals surface area contributed by atoms with Gasteiger partial charge in [-0.05, 0) is 57.6 Å². The van der Waals surface area contributed by atoms with Gasteiger partial charge in [0.2, 0.25) is 10.0 Å². The number of anilines is 1. The zero-order chi connectivity index (χ0) is 21.4. The average Bonchev–Trinajstić information content (AvgIpc) is 3.15. The van der Waals surface area contributed by atoms with Crippen LogP contribution in [-0.4, -0.2) is 42.7 Å². The van der Waals surface area contributed by atoms with Crippen LogP contribution in [-0.2, 0) is 28.6 Å². The summed E-state index contributed by atoms with van der Waals surface area (Å²) >= 11 is 0. The highest BCUT2D eigenvalue weighted by Gasteiger charge is 2.28. The van der Waals surface area contributed by atoms with Gasteiger partial charge in [0.25, 0.3) is 0 Å². The molecule has 164 valence electrons. The topological polar surface area (TPSA) is 101 Å². The number of piperidine rings is 1. The van der Waals surface area contributed by atoms with Crippen LogP contribution in [0, 0.1) is 6.92 Å². The van der Waals surface area contributed by atoms with Crippen LogP contribution >= 0.6 is 0 Å². The first kappa shape index (κ1) is 20.4. The van der Waals surface area contributed by atoms with Crippen molar-refractivity contribution < 1.29 is 12.9 Å². The maximum absolute atomic E-state index is 12.8. The van der Waals surface area contributed by atoms with E-state index in [4.69, 9.17) is 9.51 Å². The average molecular weight is 442 g/mol. The quantitative estimate of drug-likeness (QED) is 0.650. The van der Waals surface area contributed by atoms with E-state index in [1.54, 1.807) is 6.07 Å². The molecule has 1 aliphatic heterocycles. The molecule has 1 N–H and O–H groups in total. The van der Waals surface area contributed by atoms with Crippen molar-refractivity contribution in [3.63, 3.8) is 0 Å². The molecule has 1 aromatic carbocycles. The number of hydrogen-bond donors (Lipinski definition) is 1. The molecule has 9 heteroatoms. The lowest BCUT2D eigenvalue weighted by Gasteiger charge is -2.35. The number of aromatic nitrogens is 3. The van der Waals surface area contributed by atoms with Gasteiger partial charge in [-0.15, -0.1) is 0 Å². The summed E-state index contributed by atoms with van der Waals surface area (Å²) < 4.78 is 33.7. The van der Waals surface area contributed by atoms with Crippen LogP contribution in [0.1, 0.15) is 48.5 Å². The number of benzene rings is 1. The van der Waals surface area contributed by atoms with E-state index in [0.29, 0.717) is 11.3 Å². The van der Waals surface area contributed by atoms with Crippen LogP contribution in [0.2, 0.25) is 0 Å². The third-order valence-corrected chi connectivity index (χ3v) is 7.54. The molecular formula is C22H27N5O3S. The van der Waals surface area contributed by atoms with Crippen LogP contribution in [0.4, 0.5) is 5.82 Å². The summed E-state index contributed by atoms with van der Waals surface area (Å²) in [5.41, 5.74) is 3.53. The maximum atomic E-state index is 12.8. The molecule has 8 nitrogen and oxygen atoms in total. The molecule has 0 bridgehead atoms. The van der Waals surface area contributed by atoms with E-state index in [1.165, 1.54) is 24.1 Å². The van der Waals surface area contributed by atoms with Crippen molar-refractivity contribution in [2.24, 2.45) is 0 Å². The smallest absolute Gasteiger partial charge is 0.217 e. The van der Waals surface area contributed by atoms with Gasteiger partial charge in [0.15, 0.2) is 5.58 Å². The zero-order valence-electron chi connectivity index (χ0n) is 17.7. The number of rotatable bonds is 5. The lowest BCUT2D eigenvalue weighted by molar-refractivity contribution is 0.444. The minimum Gasteiger partial charge on any atom is -0.356 e. The van der Waals surface area contributed by atoms with E-state index in [1.807, 2.05) is 25.1 Å². The number of sulfonamides is 1. The highest BCUT2D eigenvalue weighted by molar-refractivity contribution is 7.88. The first-order valence-electron chi connectivity index (χ1n) is 10.9. The first-order valence-corrected chi connectivity index (χ1v) is 12.6. The van der Waals surface area contributed by atoms with Crippen molar-refractivity contribution >= 4 is 26.8 Å². The third-order valence-electron chi connectivity index (χ3n) is 6.19. The molecule has 1 saturated heterocycles. The Hall–Kier alpha value is -2.52. The largest absolute Gasteiger partial charge is 0.356 e. The Balaban J connectivity index is 1.24. The molecule has 31 heavy (non-hydrogen) atoms.